The largest absolute Gasteiger partial charge is 0.339 e. The summed E-state index contributed by atoms with van der Waals surface area (Å²) in [5, 5.41) is 0. The molecule has 0 rings (SSSR count). The monoisotopic (exact) mass is 209 g/mol. The molecule has 0 heterocycles. The summed E-state index contributed by atoms with van der Waals surface area (Å²) in [5.74, 6) is 0.445. The smallest absolute Gasteiger partial charge is 0.210 e. The Bertz CT molecular complexity index is 211. The van der Waals surface area contributed by atoms with Crippen LogP contribution in [-0.4, -0.2) is 23.4 Å². The first-order chi connectivity index (χ1) is 7.08. The molecule has 1 amide bonds. The molecule has 0 aliphatic carbocycles. The standard InChI is InChI=1S/C13H23NO/c1-6-8-12(5)14(10-15)13(9-7-2)11(3)4/h6-7,10-13H,1-2,8-9H2,3-5H3/t12-,13+/m0/s1. The van der Waals surface area contributed by atoms with Crippen molar-refractivity contribution in [3.63, 3.8) is 0 Å². The van der Waals surface area contributed by atoms with Crippen molar-refractivity contribution in [3.8, 4) is 0 Å². The van der Waals surface area contributed by atoms with Gasteiger partial charge < -0.3 is 4.90 Å². The van der Waals surface area contributed by atoms with Gasteiger partial charge in [-0.2, -0.15) is 0 Å². The molecule has 0 spiro atoms. The lowest BCUT2D eigenvalue weighted by molar-refractivity contribution is -0.123. The summed E-state index contributed by atoms with van der Waals surface area (Å²) in [6.45, 7) is 13.8. The first kappa shape index (κ1) is 13.9. The fourth-order valence-corrected chi connectivity index (χ4v) is 1.78. The first-order valence-electron chi connectivity index (χ1n) is 5.53. The molecule has 0 unspecified atom stereocenters. The maximum atomic E-state index is 11.1. The van der Waals surface area contributed by atoms with Crippen LogP contribution in [-0.2, 0) is 4.79 Å². The normalized spacial score (nSPS) is 14.4. The molecule has 2 nitrogen and oxygen atoms in total. The number of rotatable bonds is 8. The van der Waals surface area contributed by atoms with E-state index in [-0.39, 0.29) is 12.1 Å². The molecule has 0 aromatic rings. The summed E-state index contributed by atoms with van der Waals surface area (Å²) in [5.41, 5.74) is 0. The van der Waals surface area contributed by atoms with Gasteiger partial charge in [0.2, 0.25) is 6.41 Å². The van der Waals surface area contributed by atoms with Crippen LogP contribution in [0.1, 0.15) is 33.6 Å². The van der Waals surface area contributed by atoms with Crippen LogP contribution in [0.2, 0.25) is 0 Å². The summed E-state index contributed by atoms with van der Waals surface area (Å²) >= 11 is 0. The topological polar surface area (TPSA) is 20.3 Å². The van der Waals surface area contributed by atoms with Crippen LogP contribution in [0.25, 0.3) is 0 Å². The van der Waals surface area contributed by atoms with Crippen LogP contribution >= 0.6 is 0 Å². The highest BCUT2D eigenvalue weighted by molar-refractivity contribution is 5.48. The van der Waals surface area contributed by atoms with E-state index in [0.29, 0.717) is 5.92 Å². The molecule has 0 aromatic carbocycles. The van der Waals surface area contributed by atoms with Crippen molar-refractivity contribution in [2.75, 3.05) is 0 Å². The van der Waals surface area contributed by atoms with Gasteiger partial charge in [-0.05, 0) is 25.7 Å². The Labute approximate surface area is 93.7 Å². The SMILES string of the molecule is C=CC[C@H](C(C)C)N(C=O)[C@@H](C)CC=C. The zero-order valence-electron chi connectivity index (χ0n) is 10.1. The average molecular weight is 209 g/mol. The highest BCUT2D eigenvalue weighted by Crippen LogP contribution is 2.17. The van der Waals surface area contributed by atoms with Crippen molar-refractivity contribution in [1.29, 1.82) is 0 Å². The molecule has 0 aliphatic rings. The van der Waals surface area contributed by atoms with Gasteiger partial charge in [0.15, 0.2) is 0 Å². The molecule has 0 saturated heterocycles. The third-order valence-corrected chi connectivity index (χ3v) is 2.70. The number of hydrogen-bond acceptors (Lipinski definition) is 1. The molecule has 0 N–H and O–H groups in total. The molecule has 0 fully saturated rings. The van der Waals surface area contributed by atoms with Crippen LogP contribution in [0, 0.1) is 5.92 Å². The highest BCUT2D eigenvalue weighted by atomic mass is 16.1. The quantitative estimate of drug-likeness (QED) is 0.444. The van der Waals surface area contributed by atoms with Crippen molar-refractivity contribution < 1.29 is 4.79 Å². The lowest BCUT2D eigenvalue weighted by Gasteiger charge is -2.35. The zero-order chi connectivity index (χ0) is 11.8. The predicted octanol–water partition coefficient (Wildman–Crippen LogP) is 3.01. The summed E-state index contributed by atoms with van der Waals surface area (Å²) in [4.78, 5) is 13.0. The fourth-order valence-electron chi connectivity index (χ4n) is 1.78. The van der Waals surface area contributed by atoms with Gasteiger partial charge in [0.25, 0.3) is 0 Å². The van der Waals surface area contributed by atoms with Crippen molar-refractivity contribution in [2.45, 2.75) is 45.7 Å². The molecule has 2 heteroatoms. The van der Waals surface area contributed by atoms with Crippen LogP contribution < -0.4 is 0 Å². The predicted molar refractivity (Wildman–Crippen MR) is 65.6 cm³/mol. The molecule has 0 bridgehead atoms. The number of amides is 1. The van der Waals surface area contributed by atoms with E-state index < -0.39 is 0 Å². The van der Waals surface area contributed by atoms with E-state index in [0.717, 1.165) is 19.3 Å². The minimum absolute atomic E-state index is 0.215. The lowest BCUT2D eigenvalue weighted by atomic mass is 9.97. The number of carbonyl (C=O) groups is 1. The summed E-state index contributed by atoms with van der Waals surface area (Å²) in [6, 6.07) is 0.460. The third-order valence-electron chi connectivity index (χ3n) is 2.70. The Morgan fingerprint density at radius 1 is 1.13 bits per heavy atom. The van der Waals surface area contributed by atoms with Gasteiger partial charge in [-0.15, -0.1) is 13.2 Å². The molecule has 0 aliphatic heterocycles. The maximum Gasteiger partial charge on any atom is 0.210 e. The fraction of sp³-hybridized carbons (Fsp3) is 0.615. The molecule has 0 aromatic heterocycles. The minimum Gasteiger partial charge on any atom is -0.339 e. The summed E-state index contributed by atoms with van der Waals surface area (Å²) < 4.78 is 0. The Morgan fingerprint density at radius 2 is 1.67 bits per heavy atom. The highest BCUT2D eigenvalue weighted by Gasteiger charge is 2.22. The Morgan fingerprint density at radius 3 is 2.00 bits per heavy atom. The van der Waals surface area contributed by atoms with Gasteiger partial charge in [0, 0.05) is 12.1 Å². The van der Waals surface area contributed by atoms with Crippen LogP contribution in [0.4, 0.5) is 0 Å². The van der Waals surface area contributed by atoms with Crippen LogP contribution in [0.5, 0.6) is 0 Å². The van der Waals surface area contributed by atoms with E-state index >= 15 is 0 Å². The summed E-state index contributed by atoms with van der Waals surface area (Å²) in [6.07, 6.45) is 6.35. The van der Waals surface area contributed by atoms with Crippen LogP contribution in [0.15, 0.2) is 25.3 Å². The molecule has 0 radical (unpaired) electrons. The second-order valence-corrected chi connectivity index (χ2v) is 4.26. The number of carbonyl (C=O) groups excluding carboxylic acids is 1. The third kappa shape index (κ3) is 4.32. The van der Waals surface area contributed by atoms with Crippen molar-refractivity contribution in [1.82, 2.24) is 4.90 Å². The lowest BCUT2D eigenvalue weighted by Crippen LogP contribution is -2.43. The average Bonchev–Trinajstić information content (AvgIpc) is 2.18. The van der Waals surface area contributed by atoms with E-state index in [4.69, 9.17) is 0 Å². The summed E-state index contributed by atoms with van der Waals surface area (Å²) in [7, 11) is 0. The number of nitrogens with zero attached hydrogens (tertiary/aromatic N) is 1. The molecule has 0 saturated carbocycles. The van der Waals surface area contributed by atoms with E-state index in [9.17, 15) is 4.79 Å². The van der Waals surface area contributed by atoms with Gasteiger partial charge in [-0.25, -0.2) is 0 Å². The van der Waals surface area contributed by atoms with E-state index in [1.165, 1.54) is 0 Å². The van der Waals surface area contributed by atoms with E-state index in [1.54, 1.807) is 0 Å². The van der Waals surface area contributed by atoms with Crippen molar-refractivity contribution in [2.24, 2.45) is 5.92 Å². The van der Waals surface area contributed by atoms with Gasteiger partial charge >= 0.3 is 0 Å². The van der Waals surface area contributed by atoms with E-state index in [2.05, 4.69) is 33.9 Å². The Balaban J connectivity index is 4.63. The number of hydrogen-bond donors (Lipinski definition) is 0. The van der Waals surface area contributed by atoms with Crippen molar-refractivity contribution >= 4 is 6.41 Å². The second-order valence-electron chi connectivity index (χ2n) is 4.26. The zero-order valence-corrected chi connectivity index (χ0v) is 10.1. The van der Waals surface area contributed by atoms with Gasteiger partial charge in [-0.1, -0.05) is 26.0 Å². The van der Waals surface area contributed by atoms with Gasteiger partial charge in [-0.3, -0.25) is 4.79 Å². The second kappa shape index (κ2) is 7.27. The van der Waals surface area contributed by atoms with Crippen molar-refractivity contribution in [3.05, 3.63) is 25.3 Å². The first-order valence-corrected chi connectivity index (χ1v) is 5.53. The Hall–Kier alpha value is -1.05. The minimum atomic E-state index is 0.215. The molecule has 2 atom stereocenters. The Kier molecular flexibility index (Phi) is 6.76. The van der Waals surface area contributed by atoms with Crippen LogP contribution in [0.3, 0.4) is 0 Å². The molecule has 15 heavy (non-hydrogen) atoms. The molecule has 86 valence electrons. The van der Waals surface area contributed by atoms with Gasteiger partial charge in [0.05, 0.1) is 0 Å². The maximum absolute atomic E-state index is 11.1. The molecular weight excluding hydrogens is 186 g/mol. The molecular formula is C13H23NO. The van der Waals surface area contributed by atoms with E-state index in [1.807, 2.05) is 17.1 Å². The van der Waals surface area contributed by atoms with Gasteiger partial charge in [0.1, 0.15) is 0 Å².